The Labute approximate surface area is 107 Å². The van der Waals surface area contributed by atoms with E-state index in [9.17, 15) is 9.90 Å². The summed E-state index contributed by atoms with van der Waals surface area (Å²) in [6.07, 6.45) is 3.14. The first-order valence-corrected chi connectivity index (χ1v) is 5.74. The van der Waals surface area contributed by atoms with Crippen LogP contribution >= 0.6 is 0 Å². The Morgan fingerprint density at radius 3 is 3.16 bits per heavy atom. The first-order chi connectivity index (χ1) is 9.18. The molecule has 0 amide bonds. The fraction of sp³-hybridized carbons (Fsp3) is 0.500. The van der Waals surface area contributed by atoms with E-state index >= 15 is 0 Å². The molecule has 0 saturated carbocycles. The van der Waals surface area contributed by atoms with Crippen LogP contribution in [0.1, 0.15) is 0 Å². The smallest absolute Gasteiger partial charge is 0.311 e. The van der Waals surface area contributed by atoms with Gasteiger partial charge >= 0.3 is 5.97 Å². The molecular weight excluding hydrogens is 252 g/mol. The Balaban J connectivity index is 1.97. The molecule has 1 N–H and O–H groups in total. The topological polar surface area (TPSA) is 106 Å². The molecule has 1 aliphatic heterocycles. The normalized spacial score (nSPS) is 22.8. The highest BCUT2D eigenvalue weighted by Crippen LogP contribution is 2.23. The average Bonchev–Trinajstić information content (AvgIpc) is 3.05. The quantitative estimate of drug-likeness (QED) is 0.756. The zero-order valence-electron chi connectivity index (χ0n) is 10.2. The van der Waals surface area contributed by atoms with Crippen molar-refractivity contribution in [1.82, 2.24) is 25.0 Å². The number of tetrazole rings is 1. The third-order valence-corrected chi connectivity index (χ3v) is 3.32. The van der Waals surface area contributed by atoms with Crippen LogP contribution < -0.4 is 4.90 Å². The molecule has 0 spiro atoms. The van der Waals surface area contributed by atoms with Gasteiger partial charge in [0.25, 0.3) is 0 Å². The molecule has 19 heavy (non-hydrogen) atoms. The van der Waals surface area contributed by atoms with Gasteiger partial charge in [-0.15, -0.1) is 5.10 Å². The van der Waals surface area contributed by atoms with Gasteiger partial charge in [0, 0.05) is 7.05 Å². The van der Waals surface area contributed by atoms with Crippen LogP contribution in [0.2, 0.25) is 0 Å². The first-order valence-electron chi connectivity index (χ1n) is 5.74. The molecule has 0 aromatic carbocycles. The molecule has 1 saturated heterocycles. The fourth-order valence-corrected chi connectivity index (χ4v) is 2.23. The van der Waals surface area contributed by atoms with Crippen molar-refractivity contribution >= 4 is 17.4 Å². The van der Waals surface area contributed by atoms with Gasteiger partial charge in [-0.2, -0.15) is 4.52 Å². The summed E-state index contributed by atoms with van der Waals surface area (Å²) in [5.41, 5.74) is 0.509. The Bertz CT molecular complexity index is 614. The van der Waals surface area contributed by atoms with Crippen LogP contribution in [0.5, 0.6) is 0 Å². The van der Waals surface area contributed by atoms with Crippen molar-refractivity contribution < 1.29 is 14.6 Å². The van der Waals surface area contributed by atoms with Gasteiger partial charge in [-0.1, -0.05) is 0 Å². The van der Waals surface area contributed by atoms with Gasteiger partial charge in [-0.25, -0.2) is 0 Å². The molecule has 0 aliphatic carbocycles. The van der Waals surface area contributed by atoms with Gasteiger partial charge in [0.15, 0.2) is 11.5 Å². The van der Waals surface area contributed by atoms with Crippen molar-refractivity contribution in [3.05, 3.63) is 12.4 Å². The van der Waals surface area contributed by atoms with E-state index in [2.05, 4.69) is 20.5 Å². The van der Waals surface area contributed by atoms with E-state index in [4.69, 9.17) is 4.74 Å². The number of carboxylic acid groups (broad SMARTS) is 1. The Morgan fingerprint density at radius 2 is 2.37 bits per heavy atom. The second kappa shape index (κ2) is 4.43. The fourth-order valence-electron chi connectivity index (χ4n) is 2.23. The van der Waals surface area contributed by atoms with Crippen molar-refractivity contribution in [1.29, 1.82) is 0 Å². The maximum atomic E-state index is 11.2. The van der Waals surface area contributed by atoms with Gasteiger partial charge in [0.05, 0.1) is 31.6 Å². The summed E-state index contributed by atoms with van der Waals surface area (Å²) in [5, 5.41) is 20.4. The number of nitrogens with zero attached hydrogens (tertiary/aromatic N) is 6. The van der Waals surface area contributed by atoms with Gasteiger partial charge in [0.1, 0.15) is 5.92 Å². The molecule has 9 heteroatoms. The molecule has 0 radical (unpaired) electrons. The van der Waals surface area contributed by atoms with E-state index in [0.717, 1.165) is 0 Å². The summed E-state index contributed by atoms with van der Waals surface area (Å²) < 4.78 is 6.78. The average molecular weight is 264 g/mol. The highest BCUT2D eigenvalue weighted by atomic mass is 16.5. The molecule has 2 atom stereocenters. The van der Waals surface area contributed by atoms with Crippen LogP contribution in [0.3, 0.4) is 0 Å². The van der Waals surface area contributed by atoms with E-state index in [1.807, 2.05) is 0 Å². The lowest BCUT2D eigenvalue weighted by molar-refractivity contribution is -0.141. The highest BCUT2D eigenvalue weighted by molar-refractivity contribution is 5.72. The Hall–Kier alpha value is -2.29. The summed E-state index contributed by atoms with van der Waals surface area (Å²) in [6, 6.07) is -0.269. The van der Waals surface area contributed by atoms with Crippen molar-refractivity contribution in [3.8, 4) is 0 Å². The summed E-state index contributed by atoms with van der Waals surface area (Å²) in [4.78, 5) is 17.0. The van der Waals surface area contributed by atoms with Crippen LogP contribution in [0, 0.1) is 5.92 Å². The summed E-state index contributed by atoms with van der Waals surface area (Å²) >= 11 is 0. The second-order valence-electron chi connectivity index (χ2n) is 4.37. The van der Waals surface area contributed by atoms with E-state index in [-0.39, 0.29) is 12.6 Å². The largest absolute Gasteiger partial charge is 0.481 e. The lowest BCUT2D eigenvalue weighted by Crippen LogP contribution is -2.41. The SMILES string of the molecule is CN(c1cncc2nnnn12)C1COCC1C(=O)O. The van der Waals surface area contributed by atoms with Crippen LogP contribution in [-0.4, -0.2) is 62.4 Å². The predicted molar refractivity (Wildman–Crippen MR) is 62.7 cm³/mol. The number of hydrogen-bond donors (Lipinski definition) is 1. The monoisotopic (exact) mass is 264 g/mol. The zero-order valence-corrected chi connectivity index (χ0v) is 10.2. The number of ether oxygens (including phenoxy) is 1. The molecule has 100 valence electrons. The Morgan fingerprint density at radius 1 is 1.53 bits per heavy atom. The number of aliphatic carboxylic acids is 1. The number of rotatable bonds is 3. The lowest BCUT2D eigenvalue weighted by Gasteiger charge is -2.27. The third-order valence-electron chi connectivity index (χ3n) is 3.32. The molecule has 1 aliphatic rings. The molecule has 3 rings (SSSR count). The van der Waals surface area contributed by atoms with Crippen LogP contribution in [-0.2, 0) is 9.53 Å². The van der Waals surface area contributed by atoms with E-state index in [0.29, 0.717) is 18.1 Å². The Kier molecular flexibility index (Phi) is 2.75. The third kappa shape index (κ3) is 1.87. The predicted octanol–water partition coefficient (Wildman–Crippen LogP) is -0.945. The molecule has 3 heterocycles. The van der Waals surface area contributed by atoms with Crippen molar-refractivity contribution in [3.63, 3.8) is 0 Å². The first kappa shape index (κ1) is 11.8. The molecule has 2 aromatic rings. The van der Waals surface area contributed by atoms with Gasteiger partial charge in [-0.3, -0.25) is 9.78 Å². The minimum Gasteiger partial charge on any atom is -0.481 e. The minimum atomic E-state index is -0.869. The van der Waals surface area contributed by atoms with Crippen LogP contribution in [0.25, 0.3) is 5.65 Å². The lowest BCUT2D eigenvalue weighted by atomic mass is 10.0. The van der Waals surface area contributed by atoms with Crippen molar-refractivity contribution in [2.24, 2.45) is 5.92 Å². The van der Waals surface area contributed by atoms with E-state index < -0.39 is 11.9 Å². The number of fused-ring (bicyclic) bond motifs is 1. The number of aromatic nitrogens is 5. The van der Waals surface area contributed by atoms with Crippen LogP contribution in [0.4, 0.5) is 5.82 Å². The van der Waals surface area contributed by atoms with Crippen molar-refractivity contribution in [2.75, 3.05) is 25.2 Å². The highest BCUT2D eigenvalue weighted by Gasteiger charge is 2.37. The van der Waals surface area contributed by atoms with Gasteiger partial charge < -0.3 is 14.7 Å². The number of carboxylic acids is 1. The molecule has 2 unspecified atom stereocenters. The molecule has 9 nitrogen and oxygen atoms in total. The summed E-state index contributed by atoms with van der Waals surface area (Å²) in [6.45, 7) is 0.565. The van der Waals surface area contributed by atoms with E-state index in [1.54, 1.807) is 18.1 Å². The molecule has 1 fully saturated rings. The molecule has 0 bridgehead atoms. The number of anilines is 1. The van der Waals surface area contributed by atoms with Crippen molar-refractivity contribution in [2.45, 2.75) is 6.04 Å². The van der Waals surface area contributed by atoms with E-state index in [1.165, 1.54) is 10.7 Å². The zero-order chi connectivity index (χ0) is 13.4. The van der Waals surface area contributed by atoms with Gasteiger partial charge in [-0.05, 0) is 10.4 Å². The standard InChI is InChI=1S/C10H12N6O3/c1-15(7-5-19-4-6(7)10(17)18)9-3-11-2-8-12-13-14-16(8)9/h2-3,6-7H,4-5H2,1H3,(H,17,18). The maximum Gasteiger partial charge on any atom is 0.311 e. The number of likely N-dealkylation sites (N-methyl/N-ethyl adjacent to an activating group) is 1. The number of hydrogen-bond acceptors (Lipinski definition) is 7. The maximum absolute atomic E-state index is 11.2. The second-order valence-corrected chi connectivity index (χ2v) is 4.37. The number of carbonyl (C=O) groups is 1. The summed E-state index contributed by atoms with van der Waals surface area (Å²) in [5.74, 6) is -0.813. The minimum absolute atomic E-state index is 0.212. The molecule has 2 aromatic heterocycles. The molecular formula is C10H12N6O3. The van der Waals surface area contributed by atoms with Crippen LogP contribution in [0.15, 0.2) is 12.4 Å². The summed E-state index contributed by atoms with van der Waals surface area (Å²) in [7, 11) is 1.79. The van der Waals surface area contributed by atoms with Gasteiger partial charge in [0.2, 0.25) is 0 Å².